The smallest absolute Gasteiger partial charge is 0.292 e. The number of hydrogen-bond acceptors (Lipinski definition) is 4. The van der Waals surface area contributed by atoms with E-state index in [1.807, 2.05) is 6.07 Å². The molecule has 1 saturated carbocycles. The third-order valence-corrected chi connectivity index (χ3v) is 4.16. The zero-order valence-corrected chi connectivity index (χ0v) is 12.3. The van der Waals surface area contributed by atoms with Gasteiger partial charge in [-0.25, -0.2) is 0 Å². The number of hydrogen-bond donors (Lipinski definition) is 1. The van der Waals surface area contributed by atoms with Crippen molar-refractivity contribution in [2.24, 2.45) is 0 Å². The monoisotopic (exact) mass is 277 g/mol. The first kappa shape index (κ1) is 14.8. The van der Waals surface area contributed by atoms with Crippen LogP contribution in [0.4, 0.5) is 11.4 Å². The van der Waals surface area contributed by atoms with Crippen molar-refractivity contribution >= 4 is 11.4 Å². The maximum atomic E-state index is 11.1. The van der Waals surface area contributed by atoms with E-state index in [0.717, 1.165) is 18.7 Å². The maximum absolute atomic E-state index is 11.1. The maximum Gasteiger partial charge on any atom is 0.292 e. The minimum atomic E-state index is -0.318. The SMILES string of the molecule is CCN(Cc1ccc(NC)c([N+](=O)[O-])c1)C1CCCC1. The van der Waals surface area contributed by atoms with Crippen LogP contribution in [0.15, 0.2) is 18.2 Å². The Labute approximate surface area is 120 Å². The predicted octanol–water partition coefficient (Wildman–Crippen LogP) is 3.40. The van der Waals surface area contributed by atoms with Crippen molar-refractivity contribution < 1.29 is 4.92 Å². The van der Waals surface area contributed by atoms with E-state index in [2.05, 4.69) is 17.1 Å². The summed E-state index contributed by atoms with van der Waals surface area (Å²) < 4.78 is 0. The van der Waals surface area contributed by atoms with Gasteiger partial charge >= 0.3 is 0 Å². The first-order chi connectivity index (χ1) is 9.65. The molecular weight excluding hydrogens is 254 g/mol. The van der Waals surface area contributed by atoms with Gasteiger partial charge in [-0.05, 0) is 31.0 Å². The Morgan fingerprint density at radius 2 is 2.10 bits per heavy atom. The van der Waals surface area contributed by atoms with Crippen LogP contribution in [0.1, 0.15) is 38.2 Å². The van der Waals surface area contributed by atoms with Crippen LogP contribution in [0, 0.1) is 10.1 Å². The van der Waals surface area contributed by atoms with Gasteiger partial charge in [-0.1, -0.05) is 25.8 Å². The van der Waals surface area contributed by atoms with Crippen LogP contribution in [0.2, 0.25) is 0 Å². The highest BCUT2D eigenvalue weighted by atomic mass is 16.6. The summed E-state index contributed by atoms with van der Waals surface area (Å²) >= 11 is 0. The second-order valence-corrected chi connectivity index (χ2v) is 5.36. The number of rotatable bonds is 6. The Balaban J connectivity index is 2.15. The second kappa shape index (κ2) is 6.70. The molecular formula is C15H23N3O2. The Hall–Kier alpha value is -1.62. The highest BCUT2D eigenvalue weighted by molar-refractivity contribution is 5.62. The minimum Gasteiger partial charge on any atom is -0.383 e. The highest BCUT2D eigenvalue weighted by Gasteiger charge is 2.22. The van der Waals surface area contributed by atoms with E-state index in [0.29, 0.717) is 11.7 Å². The third-order valence-electron chi connectivity index (χ3n) is 4.16. The molecule has 1 aliphatic rings. The standard InChI is InChI=1S/C15H23N3O2/c1-3-17(13-6-4-5-7-13)11-12-8-9-14(16-2)15(10-12)18(19)20/h8-10,13,16H,3-7,11H2,1-2H3. The van der Waals surface area contributed by atoms with Crippen molar-refractivity contribution in [2.75, 3.05) is 18.9 Å². The molecule has 2 rings (SSSR count). The van der Waals surface area contributed by atoms with Crippen LogP contribution < -0.4 is 5.32 Å². The molecule has 0 bridgehead atoms. The van der Waals surface area contributed by atoms with Crippen LogP contribution >= 0.6 is 0 Å². The molecule has 0 unspecified atom stereocenters. The Kier molecular flexibility index (Phi) is 4.95. The van der Waals surface area contributed by atoms with E-state index in [-0.39, 0.29) is 10.6 Å². The molecule has 0 spiro atoms. The summed E-state index contributed by atoms with van der Waals surface area (Å²) in [6, 6.07) is 6.12. The Bertz CT molecular complexity index is 470. The lowest BCUT2D eigenvalue weighted by Crippen LogP contribution is -2.32. The lowest BCUT2D eigenvalue weighted by Gasteiger charge is -2.27. The fourth-order valence-electron chi connectivity index (χ4n) is 3.04. The van der Waals surface area contributed by atoms with Crippen molar-refractivity contribution in [3.8, 4) is 0 Å². The molecule has 1 fully saturated rings. The van der Waals surface area contributed by atoms with Crippen LogP contribution in [0.3, 0.4) is 0 Å². The molecule has 0 amide bonds. The average molecular weight is 277 g/mol. The summed E-state index contributed by atoms with van der Waals surface area (Å²) in [5.41, 5.74) is 1.75. The van der Waals surface area contributed by atoms with Gasteiger partial charge in [0.2, 0.25) is 0 Å². The molecule has 5 heteroatoms. The van der Waals surface area contributed by atoms with Crippen molar-refractivity contribution in [3.05, 3.63) is 33.9 Å². The topological polar surface area (TPSA) is 58.4 Å². The van der Waals surface area contributed by atoms with Crippen LogP contribution in [-0.4, -0.2) is 29.5 Å². The number of anilines is 1. The molecule has 1 aromatic rings. The summed E-state index contributed by atoms with van der Waals surface area (Å²) in [6.07, 6.45) is 5.12. The van der Waals surface area contributed by atoms with E-state index in [1.54, 1.807) is 19.2 Å². The number of nitro benzene ring substituents is 1. The summed E-state index contributed by atoms with van der Waals surface area (Å²) in [5.74, 6) is 0. The summed E-state index contributed by atoms with van der Waals surface area (Å²) in [6.45, 7) is 3.95. The fourth-order valence-corrected chi connectivity index (χ4v) is 3.04. The summed E-state index contributed by atoms with van der Waals surface area (Å²) in [7, 11) is 1.71. The van der Waals surface area contributed by atoms with Gasteiger partial charge < -0.3 is 5.32 Å². The van der Waals surface area contributed by atoms with Gasteiger partial charge in [-0.15, -0.1) is 0 Å². The molecule has 20 heavy (non-hydrogen) atoms. The molecule has 0 aliphatic heterocycles. The molecule has 1 N–H and O–H groups in total. The van der Waals surface area contributed by atoms with E-state index in [4.69, 9.17) is 0 Å². The first-order valence-electron chi connectivity index (χ1n) is 7.34. The van der Waals surface area contributed by atoms with Crippen molar-refractivity contribution in [2.45, 2.75) is 45.2 Å². The van der Waals surface area contributed by atoms with Gasteiger partial charge in [0, 0.05) is 25.7 Å². The minimum absolute atomic E-state index is 0.160. The third kappa shape index (κ3) is 3.28. The number of benzene rings is 1. The van der Waals surface area contributed by atoms with Crippen LogP contribution in [0.25, 0.3) is 0 Å². The normalized spacial score (nSPS) is 15.8. The fraction of sp³-hybridized carbons (Fsp3) is 0.600. The van der Waals surface area contributed by atoms with E-state index in [9.17, 15) is 10.1 Å². The van der Waals surface area contributed by atoms with E-state index >= 15 is 0 Å². The number of nitrogens with zero attached hydrogens (tertiary/aromatic N) is 2. The summed E-state index contributed by atoms with van der Waals surface area (Å²) in [5, 5.41) is 14.0. The molecule has 1 aliphatic carbocycles. The van der Waals surface area contributed by atoms with Gasteiger partial charge in [0.25, 0.3) is 5.69 Å². The average Bonchev–Trinajstić information content (AvgIpc) is 2.98. The molecule has 110 valence electrons. The molecule has 0 aromatic heterocycles. The lowest BCUT2D eigenvalue weighted by molar-refractivity contribution is -0.384. The zero-order valence-electron chi connectivity index (χ0n) is 12.3. The molecule has 0 atom stereocenters. The first-order valence-corrected chi connectivity index (χ1v) is 7.34. The largest absolute Gasteiger partial charge is 0.383 e. The van der Waals surface area contributed by atoms with E-state index < -0.39 is 0 Å². The highest BCUT2D eigenvalue weighted by Crippen LogP contribution is 2.28. The van der Waals surface area contributed by atoms with Gasteiger partial charge in [0.05, 0.1) is 4.92 Å². The predicted molar refractivity (Wildman–Crippen MR) is 81.0 cm³/mol. The number of nitro groups is 1. The molecule has 0 heterocycles. The summed E-state index contributed by atoms with van der Waals surface area (Å²) in [4.78, 5) is 13.2. The van der Waals surface area contributed by atoms with Crippen molar-refractivity contribution in [1.29, 1.82) is 0 Å². The number of nitrogens with one attached hydrogen (secondary N) is 1. The van der Waals surface area contributed by atoms with E-state index in [1.165, 1.54) is 25.7 Å². The van der Waals surface area contributed by atoms with Gasteiger partial charge in [-0.2, -0.15) is 0 Å². The van der Waals surface area contributed by atoms with Crippen LogP contribution in [0.5, 0.6) is 0 Å². The van der Waals surface area contributed by atoms with Gasteiger partial charge in [0.1, 0.15) is 5.69 Å². The van der Waals surface area contributed by atoms with Gasteiger partial charge in [0.15, 0.2) is 0 Å². The Morgan fingerprint density at radius 1 is 1.40 bits per heavy atom. The molecule has 0 saturated heterocycles. The molecule has 0 radical (unpaired) electrons. The lowest BCUT2D eigenvalue weighted by atomic mass is 10.1. The molecule has 1 aromatic carbocycles. The second-order valence-electron chi connectivity index (χ2n) is 5.36. The van der Waals surface area contributed by atoms with Crippen molar-refractivity contribution in [1.82, 2.24) is 4.90 Å². The molecule has 5 nitrogen and oxygen atoms in total. The van der Waals surface area contributed by atoms with Gasteiger partial charge in [-0.3, -0.25) is 15.0 Å². The van der Waals surface area contributed by atoms with Crippen molar-refractivity contribution in [3.63, 3.8) is 0 Å². The zero-order chi connectivity index (χ0) is 14.5. The van der Waals surface area contributed by atoms with Crippen LogP contribution in [-0.2, 0) is 6.54 Å². The Morgan fingerprint density at radius 3 is 2.65 bits per heavy atom. The quantitative estimate of drug-likeness (QED) is 0.639.